The Morgan fingerprint density at radius 3 is 2.18 bits per heavy atom. The van der Waals surface area contributed by atoms with E-state index in [4.69, 9.17) is 4.74 Å². The van der Waals surface area contributed by atoms with Crippen molar-refractivity contribution in [3.8, 4) is 5.75 Å². The van der Waals surface area contributed by atoms with Crippen LogP contribution in [0.25, 0.3) is 10.9 Å². The lowest BCUT2D eigenvalue weighted by molar-refractivity contribution is -0.138. The molecule has 1 aliphatic carbocycles. The summed E-state index contributed by atoms with van der Waals surface area (Å²) in [5, 5.41) is 1.29. The van der Waals surface area contributed by atoms with Crippen LogP contribution >= 0.6 is 0 Å². The Morgan fingerprint density at radius 2 is 1.55 bits per heavy atom. The fraction of sp³-hybridized carbons (Fsp3) is 0.357. The molecule has 1 aliphatic rings. The van der Waals surface area contributed by atoms with Crippen LogP contribution in [0.4, 0.5) is 13.2 Å². The monoisotopic (exact) mass is 459 g/mol. The second-order valence-electron chi connectivity index (χ2n) is 7.11. The van der Waals surface area contributed by atoms with Crippen molar-refractivity contribution in [3.05, 3.63) is 89.2 Å². The van der Waals surface area contributed by atoms with E-state index < -0.39 is 11.7 Å². The Labute approximate surface area is 196 Å². The van der Waals surface area contributed by atoms with Crippen LogP contribution in [0.1, 0.15) is 57.2 Å². The highest BCUT2D eigenvalue weighted by molar-refractivity contribution is 5.79. The van der Waals surface area contributed by atoms with Crippen molar-refractivity contribution < 1.29 is 17.9 Å². The van der Waals surface area contributed by atoms with Gasteiger partial charge in [-0.2, -0.15) is 13.2 Å². The first-order valence-corrected chi connectivity index (χ1v) is 11.5. The molecule has 0 spiro atoms. The van der Waals surface area contributed by atoms with E-state index >= 15 is 0 Å². The van der Waals surface area contributed by atoms with E-state index in [1.807, 2.05) is 52.1 Å². The molecule has 0 fully saturated rings. The van der Waals surface area contributed by atoms with Crippen molar-refractivity contribution in [2.24, 2.45) is 0 Å². The normalized spacial score (nSPS) is 12.3. The van der Waals surface area contributed by atoms with Crippen molar-refractivity contribution in [3.63, 3.8) is 0 Å². The molecule has 2 aromatic carbocycles. The van der Waals surface area contributed by atoms with E-state index in [0.717, 1.165) is 30.0 Å². The second-order valence-corrected chi connectivity index (χ2v) is 7.11. The number of hydrogen-bond acceptors (Lipinski definition) is 1. The lowest BCUT2D eigenvalue weighted by Gasteiger charge is -2.15. The standard InChI is InChI=1S/C15H15F3O.C9H9N.2C2H6/c1-11-7-8-13(15(16,17)18)14(9-11)19-10-12-5-3-2-4-6-12;1-7-2-3-9-8(6-7)4-5-10-9;2*1-2/h3,5-9H,2,4,10H2,1H3;2-6,10H,1H3;2*1-2H3. The van der Waals surface area contributed by atoms with Gasteiger partial charge in [-0.3, -0.25) is 0 Å². The summed E-state index contributed by atoms with van der Waals surface area (Å²) in [5.74, 6) is -0.104. The van der Waals surface area contributed by atoms with Crippen LogP contribution in [0.5, 0.6) is 5.75 Å². The Kier molecular flexibility index (Phi) is 12.1. The summed E-state index contributed by atoms with van der Waals surface area (Å²) in [6.07, 6.45) is 5.34. The molecule has 1 heterocycles. The molecule has 0 bridgehead atoms. The molecular weight excluding hydrogens is 423 g/mol. The zero-order valence-corrected chi connectivity index (χ0v) is 20.5. The predicted molar refractivity (Wildman–Crippen MR) is 134 cm³/mol. The van der Waals surface area contributed by atoms with E-state index in [9.17, 15) is 13.2 Å². The summed E-state index contributed by atoms with van der Waals surface area (Å²) in [6.45, 7) is 12.0. The molecule has 0 aliphatic heterocycles. The predicted octanol–water partition coefficient (Wildman–Crippen LogP) is 9.20. The Bertz CT molecular complexity index is 1030. The van der Waals surface area contributed by atoms with Crippen LogP contribution in [0.15, 0.2) is 72.5 Å². The fourth-order valence-electron chi connectivity index (χ4n) is 3.09. The number of hydrogen-bond donors (Lipinski definition) is 1. The van der Waals surface area contributed by atoms with Gasteiger partial charge < -0.3 is 9.72 Å². The summed E-state index contributed by atoms with van der Waals surface area (Å²) in [5.41, 5.74) is 3.47. The third kappa shape index (κ3) is 9.21. The average Bonchev–Trinajstić information content (AvgIpc) is 3.28. The molecule has 5 heteroatoms. The number of allylic oxidation sites excluding steroid dienone is 2. The summed E-state index contributed by atoms with van der Waals surface area (Å²) >= 11 is 0. The number of H-pyrrole nitrogens is 1. The van der Waals surface area contributed by atoms with Gasteiger partial charge in [0.1, 0.15) is 12.4 Å². The third-order valence-electron chi connectivity index (χ3n) is 4.62. The van der Waals surface area contributed by atoms with Gasteiger partial charge in [0.05, 0.1) is 5.56 Å². The van der Waals surface area contributed by atoms with Gasteiger partial charge in [-0.05, 0) is 73.5 Å². The summed E-state index contributed by atoms with van der Waals surface area (Å²) in [4.78, 5) is 3.15. The number of aromatic amines is 1. The topological polar surface area (TPSA) is 25.0 Å². The Hall–Kier alpha value is -2.95. The summed E-state index contributed by atoms with van der Waals surface area (Å²) in [7, 11) is 0. The average molecular weight is 460 g/mol. The van der Waals surface area contributed by atoms with Crippen molar-refractivity contribution in [1.82, 2.24) is 4.98 Å². The molecule has 3 aromatic rings. The molecule has 1 N–H and O–H groups in total. The van der Waals surface area contributed by atoms with Crippen molar-refractivity contribution in [2.75, 3.05) is 6.61 Å². The van der Waals surface area contributed by atoms with Gasteiger partial charge >= 0.3 is 6.18 Å². The zero-order chi connectivity index (χ0) is 24.9. The van der Waals surface area contributed by atoms with Crippen molar-refractivity contribution in [2.45, 2.75) is 60.6 Å². The second kappa shape index (κ2) is 14.2. The highest BCUT2D eigenvalue weighted by atomic mass is 19.4. The third-order valence-corrected chi connectivity index (χ3v) is 4.62. The largest absolute Gasteiger partial charge is 0.488 e. The maximum absolute atomic E-state index is 12.8. The maximum Gasteiger partial charge on any atom is 0.419 e. The minimum atomic E-state index is -4.39. The van der Waals surface area contributed by atoms with Crippen LogP contribution < -0.4 is 4.74 Å². The number of halogens is 3. The van der Waals surface area contributed by atoms with Crippen LogP contribution in [0.2, 0.25) is 0 Å². The van der Waals surface area contributed by atoms with Crippen LogP contribution in [-0.4, -0.2) is 11.6 Å². The molecule has 0 amide bonds. The van der Waals surface area contributed by atoms with E-state index in [2.05, 4.69) is 36.2 Å². The minimum absolute atomic E-state index is 0.104. The molecular formula is C28H36F3NO. The molecule has 0 radical (unpaired) electrons. The van der Waals surface area contributed by atoms with Gasteiger partial charge in [-0.25, -0.2) is 0 Å². The Morgan fingerprint density at radius 1 is 0.879 bits per heavy atom. The molecule has 0 saturated heterocycles. The number of aryl methyl sites for hydroxylation is 2. The Balaban J connectivity index is 0.000000325. The number of fused-ring (bicyclic) bond motifs is 1. The quantitative estimate of drug-likeness (QED) is 0.415. The van der Waals surface area contributed by atoms with Crippen molar-refractivity contribution in [1.29, 1.82) is 0 Å². The highest BCUT2D eigenvalue weighted by Gasteiger charge is 2.34. The van der Waals surface area contributed by atoms with Gasteiger partial charge in [-0.15, -0.1) is 0 Å². The first-order valence-electron chi connectivity index (χ1n) is 11.5. The van der Waals surface area contributed by atoms with Crippen LogP contribution in [0.3, 0.4) is 0 Å². The first-order chi connectivity index (χ1) is 15.8. The van der Waals surface area contributed by atoms with Crippen molar-refractivity contribution >= 4 is 10.9 Å². The molecule has 33 heavy (non-hydrogen) atoms. The van der Waals surface area contributed by atoms with E-state index in [1.54, 1.807) is 6.92 Å². The summed E-state index contributed by atoms with van der Waals surface area (Å²) < 4.78 is 43.9. The molecule has 0 saturated carbocycles. The first kappa shape index (κ1) is 28.1. The van der Waals surface area contributed by atoms with Gasteiger partial charge in [0, 0.05) is 11.7 Å². The van der Waals surface area contributed by atoms with Gasteiger partial charge in [0.2, 0.25) is 0 Å². The number of aromatic nitrogens is 1. The molecule has 0 unspecified atom stereocenters. The number of ether oxygens (including phenoxy) is 1. The lowest BCUT2D eigenvalue weighted by Crippen LogP contribution is -2.10. The SMILES string of the molecule is CC.CC.Cc1ccc(C(F)(F)F)c(OCC2=CCCC=C2)c1.Cc1ccc2[nH]ccc2c1. The highest BCUT2D eigenvalue weighted by Crippen LogP contribution is 2.36. The van der Waals surface area contributed by atoms with Gasteiger partial charge in [-0.1, -0.05) is 63.6 Å². The fourth-order valence-corrected chi connectivity index (χ4v) is 3.09. The number of benzene rings is 2. The number of rotatable bonds is 3. The molecule has 4 rings (SSSR count). The van der Waals surface area contributed by atoms with Crippen LogP contribution in [0, 0.1) is 13.8 Å². The lowest BCUT2D eigenvalue weighted by atomic mass is 10.1. The zero-order valence-electron chi connectivity index (χ0n) is 20.5. The molecule has 1 aromatic heterocycles. The van der Waals surface area contributed by atoms with Crippen LogP contribution in [-0.2, 0) is 6.18 Å². The molecule has 0 atom stereocenters. The number of alkyl halides is 3. The number of nitrogens with one attached hydrogen (secondary N) is 1. The van der Waals surface area contributed by atoms with E-state index in [1.165, 1.54) is 28.6 Å². The van der Waals surface area contributed by atoms with E-state index in [0.29, 0.717) is 0 Å². The molecule has 2 nitrogen and oxygen atoms in total. The summed E-state index contributed by atoms with van der Waals surface area (Å²) in [6, 6.07) is 12.4. The molecule has 180 valence electrons. The minimum Gasteiger partial charge on any atom is -0.488 e. The van der Waals surface area contributed by atoms with Gasteiger partial charge in [0.25, 0.3) is 0 Å². The van der Waals surface area contributed by atoms with E-state index in [-0.39, 0.29) is 12.4 Å². The smallest absolute Gasteiger partial charge is 0.419 e. The van der Waals surface area contributed by atoms with Gasteiger partial charge in [0.15, 0.2) is 0 Å². The maximum atomic E-state index is 12.8.